The molecule has 2 aliphatic rings. The van der Waals surface area contributed by atoms with Crippen molar-refractivity contribution in [2.24, 2.45) is 0 Å². The summed E-state index contributed by atoms with van der Waals surface area (Å²) in [4.78, 5) is 17.0. The molecule has 3 nitrogen and oxygen atoms in total. The van der Waals surface area contributed by atoms with Crippen molar-refractivity contribution in [2.45, 2.75) is 64.0 Å². The Morgan fingerprint density at radius 1 is 1.20 bits per heavy atom. The van der Waals surface area contributed by atoms with E-state index in [0.29, 0.717) is 40.4 Å². The predicted octanol–water partition coefficient (Wildman–Crippen LogP) is 4.96. The van der Waals surface area contributed by atoms with Crippen LogP contribution in [0.2, 0.25) is 10.0 Å². The van der Waals surface area contributed by atoms with E-state index in [1.54, 1.807) is 0 Å². The number of carbonyl (C=O) groups excluding carboxylic acids is 1. The van der Waals surface area contributed by atoms with E-state index in [4.69, 9.17) is 23.2 Å². The summed E-state index contributed by atoms with van der Waals surface area (Å²) in [5.41, 5.74) is 1.24. The van der Waals surface area contributed by atoms with Crippen LogP contribution in [0.15, 0.2) is 18.2 Å². The number of amides is 1. The summed E-state index contributed by atoms with van der Waals surface area (Å²) >= 11 is 12.2. The summed E-state index contributed by atoms with van der Waals surface area (Å²) in [5.74, 6) is 0.780. The zero-order valence-corrected chi connectivity index (χ0v) is 16.7. The van der Waals surface area contributed by atoms with Crippen molar-refractivity contribution in [1.82, 2.24) is 9.80 Å². The van der Waals surface area contributed by atoms with Crippen molar-refractivity contribution >= 4 is 29.1 Å². The highest BCUT2D eigenvalue weighted by Crippen LogP contribution is 2.32. The van der Waals surface area contributed by atoms with Gasteiger partial charge < -0.3 is 9.80 Å². The van der Waals surface area contributed by atoms with Gasteiger partial charge in [-0.2, -0.15) is 0 Å². The van der Waals surface area contributed by atoms with E-state index in [-0.39, 0.29) is 0 Å². The van der Waals surface area contributed by atoms with Gasteiger partial charge in [-0.25, -0.2) is 0 Å². The van der Waals surface area contributed by atoms with Crippen LogP contribution in [-0.2, 0) is 4.79 Å². The Hall–Kier alpha value is -0.770. The maximum Gasteiger partial charge on any atom is 0.222 e. The molecule has 0 radical (unpaired) electrons. The quantitative estimate of drug-likeness (QED) is 0.717. The molecule has 25 heavy (non-hydrogen) atoms. The molecule has 2 aliphatic heterocycles. The van der Waals surface area contributed by atoms with E-state index in [0.717, 1.165) is 38.9 Å². The zero-order chi connectivity index (χ0) is 18.0. The van der Waals surface area contributed by atoms with Gasteiger partial charge in [0, 0.05) is 31.6 Å². The van der Waals surface area contributed by atoms with Crippen LogP contribution in [0.4, 0.5) is 0 Å². The second kappa shape index (κ2) is 8.28. The minimum absolute atomic E-state index is 0.332. The first kappa shape index (κ1) is 19.0. The lowest BCUT2D eigenvalue weighted by molar-refractivity contribution is -0.133. The van der Waals surface area contributed by atoms with Gasteiger partial charge in [0.2, 0.25) is 5.91 Å². The van der Waals surface area contributed by atoms with Crippen molar-refractivity contribution in [1.29, 1.82) is 0 Å². The minimum Gasteiger partial charge on any atom is -0.335 e. The summed E-state index contributed by atoms with van der Waals surface area (Å²) < 4.78 is 0. The van der Waals surface area contributed by atoms with E-state index in [1.807, 2.05) is 19.1 Å². The molecule has 2 saturated heterocycles. The predicted molar refractivity (Wildman–Crippen MR) is 104 cm³/mol. The van der Waals surface area contributed by atoms with Crippen LogP contribution < -0.4 is 0 Å². The third-order valence-corrected chi connectivity index (χ3v) is 6.59. The normalized spacial score (nSPS) is 25.0. The van der Waals surface area contributed by atoms with Crippen LogP contribution in [-0.4, -0.2) is 47.4 Å². The molecule has 2 heterocycles. The molecule has 3 atom stereocenters. The number of nitrogens with zero attached hydrogens (tertiary/aromatic N) is 2. The highest BCUT2D eigenvalue weighted by Gasteiger charge is 2.39. The van der Waals surface area contributed by atoms with Gasteiger partial charge in [0.05, 0.1) is 10.0 Å². The lowest BCUT2D eigenvalue weighted by Gasteiger charge is -2.29. The minimum atomic E-state index is 0.332. The summed E-state index contributed by atoms with van der Waals surface area (Å²) in [6.07, 6.45) is 5.18. The standard InChI is InChI=1S/C20H28Cl2N2O/c1-3-20(25)24-16-5-6-17(24)13-23(11-9-16)10-8-14(2)15-4-7-18(21)19(22)12-15/h4,7,12,14,16-17H,3,5-6,8-11,13H2,1-2H3. The number of benzene rings is 1. The Labute approximate surface area is 161 Å². The SMILES string of the molecule is CCC(=O)N1C2CCC1CN(CCC(C)c1ccc(Cl)c(Cl)c1)CC2. The number of hydrogen-bond acceptors (Lipinski definition) is 2. The summed E-state index contributed by atoms with van der Waals surface area (Å²) in [5, 5.41) is 1.24. The van der Waals surface area contributed by atoms with Crippen LogP contribution in [0.5, 0.6) is 0 Å². The molecular formula is C20H28Cl2N2O. The molecule has 3 unspecified atom stereocenters. The third kappa shape index (κ3) is 4.32. The topological polar surface area (TPSA) is 23.6 Å². The number of rotatable bonds is 5. The summed E-state index contributed by atoms with van der Waals surface area (Å²) in [6, 6.07) is 6.83. The van der Waals surface area contributed by atoms with E-state index in [9.17, 15) is 4.79 Å². The molecule has 2 fully saturated rings. The molecule has 0 spiro atoms. The first-order valence-electron chi connectivity index (χ1n) is 9.48. The fourth-order valence-corrected chi connectivity index (χ4v) is 4.61. The van der Waals surface area contributed by atoms with Gasteiger partial charge in [0.1, 0.15) is 0 Å². The Bertz CT molecular complexity index is 622. The second-order valence-corrected chi connectivity index (χ2v) is 8.31. The molecule has 0 aromatic heterocycles. The third-order valence-electron chi connectivity index (χ3n) is 5.85. The molecular weight excluding hydrogens is 355 g/mol. The fraction of sp³-hybridized carbons (Fsp3) is 0.650. The van der Waals surface area contributed by atoms with Crippen LogP contribution in [0.25, 0.3) is 0 Å². The van der Waals surface area contributed by atoms with E-state index < -0.39 is 0 Å². The average Bonchev–Trinajstić information content (AvgIpc) is 2.90. The zero-order valence-electron chi connectivity index (χ0n) is 15.2. The Morgan fingerprint density at radius 3 is 2.68 bits per heavy atom. The van der Waals surface area contributed by atoms with Gasteiger partial charge in [0.15, 0.2) is 0 Å². The number of carbonyl (C=O) groups is 1. The molecule has 0 aliphatic carbocycles. The van der Waals surface area contributed by atoms with Crippen LogP contribution >= 0.6 is 23.2 Å². The van der Waals surface area contributed by atoms with Crippen molar-refractivity contribution in [3.63, 3.8) is 0 Å². The molecule has 1 aromatic carbocycles. The molecule has 3 rings (SSSR count). The Morgan fingerprint density at radius 2 is 1.96 bits per heavy atom. The number of halogens is 2. The van der Waals surface area contributed by atoms with Crippen LogP contribution in [0.3, 0.4) is 0 Å². The maximum atomic E-state index is 12.3. The van der Waals surface area contributed by atoms with Gasteiger partial charge in [-0.15, -0.1) is 0 Å². The monoisotopic (exact) mass is 382 g/mol. The smallest absolute Gasteiger partial charge is 0.222 e. The summed E-state index contributed by atoms with van der Waals surface area (Å²) in [7, 11) is 0. The van der Waals surface area contributed by atoms with Crippen molar-refractivity contribution in [2.75, 3.05) is 19.6 Å². The van der Waals surface area contributed by atoms with E-state index >= 15 is 0 Å². The van der Waals surface area contributed by atoms with E-state index in [1.165, 1.54) is 12.0 Å². The highest BCUT2D eigenvalue weighted by atomic mass is 35.5. The molecule has 0 N–H and O–H groups in total. The number of hydrogen-bond donors (Lipinski definition) is 0. The lowest BCUT2D eigenvalue weighted by atomic mass is 9.97. The molecule has 1 amide bonds. The largest absolute Gasteiger partial charge is 0.335 e. The van der Waals surface area contributed by atoms with Gasteiger partial charge in [-0.3, -0.25) is 4.79 Å². The molecule has 5 heteroatoms. The maximum absolute atomic E-state index is 12.3. The van der Waals surface area contributed by atoms with Crippen LogP contribution in [0.1, 0.15) is 57.4 Å². The number of fused-ring (bicyclic) bond motifs is 2. The second-order valence-electron chi connectivity index (χ2n) is 7.49. The Kier molecular flexibility index (Phi) is 6.30. The van der Waals surface area contributed by atoms with E-state index in [2.05, 4.69) is 22.8 Å². The summed E-state index contributed by atoms with van der Waals surface area (Å²) in [6.45, 7) is 7.41. The average molecular weight is 383 g/mol. The number of likely N-dealkylation sites (tertiary alicyclic amines) is 1. The highest BCUT2D eigenvalue weighted by molar-refractivity contribution is 6.42. The van der Waals surface area contributed by atoms with Crippen molar-refractivity contribution in [3.8, 4) is 0 Å². The van der Waals surface area contributed by atoms with Gasteiger partial charge >= 0.3 is 0 Å². The van der Waals surface area contributed by atoms with Gasteiger partial charge in [0.25, 0.3) is 0 Å². The Balaban J connectivity index is 1.57. The van der Waals surface area contributed by atoms with Gasteiger partial charge in [-0.1, -0.05) is 43.1 Å². The van der Waals surface area contributed by atoms with Crippen LogP contribution in [0, 0.1) is 0 Å². The molecule has 2 bridgehead atoms. The molecule has 138 valence electrons. The van der Waals surface area contributed by atoms with Crippen molar-refractivity contribution in [3.05, 3.63) is 33.8 Å². The first-order chi connectivity index (χ1) is 12.0. The molecule has 0 saturated carbocycles. The fourth-order valence-electron chi connectivity index (χ4n) is 4.30. The molecule has 1 aromatic rings. The lowest BCUT2D eigenvalue weighted by Crippen LogP contribution is -2.43. The van der Waals surface area contributed by atoms with Crippen molar-refractivity contribution < 1.29 is 4.79 Å². The first-order valence-corrected chi connectivity index (χ1v) is 10.2. The van der Waals surface area contributed by atoms with Gasteiger partial charge in [-0.05, 0) is 55.8 Å².